The van der Waals surface area contributed by atoms with Crippen LogP contribution in [0.3, 0.4) is 0 Å². The number of pyridine rings is 2. The maximum Gasteiger partial charge on any atom is 0.324 e. The fourth-order valence-electron chi connectivity index (χ4n) is 4.21. The van der Waals surface area contributed by atoms with Crippen molar-refractivity contribution in [2.45, 2.75) is 31.9 Å². The van der Waals surface area contributed by atoms with E-state index in [1.165, 1.54) is 0 Å². The highest BCUT2D eigenvalue weighted by molar-refractivity contribution is 6.01. The van der Waals surface area contributed by atoms with Crippen LogP contribution in [0.4, 0.5) is 0 Å². The number of phenolic OH excluding ortho intramolecular Hbond substituents is 1. The van der Waals surface area contributed by atoms with Crippen LogP contribution >= 0.6 is 0 Å². The smallest absolute Gasteiger partial charge is 0.324 e. The van der Waals surface area contributed by atoms with E-state index in [2.05, 4.69) is 4.98 Å². The van der Waals surface area contributed by atoms with Gasteiger partial charge in [0.15, 0.2) is 0 Å². The first-order valence-corrected chi connectivity index (χ1v) is 9.02. The first kappa shape index (κ1) is 16.7. The number of esters is 1. The third-order valence-corrected chi connectivity index (χ3v) is 5.80. The van der Waals surface area contributed by atoms with E-state index in [4.69, 9.17) is 4.74 Å². The normalized spacial score (nSPS) is 19.7. The van der Waals surface area contributed by atoms with Crippen LogP contribution < -0.4 is 5.56 Å². The molecule has 4 heterocycles. The minimum atomic E-state index is -1.46. The highest BCUT2D eigenvalue weighted by Gasteiger charge is 2.47. The van der Waals surface area contributed by atoms with Crippen molar-refractivity contribution in [2.24, 2.45) is 0 Å². The van der Waals surface area contributed by atoms with E-state index in [-0.39, 0.29) is 24.3 Å². The SMILES string of the molecule is CCC1(C=O)C(=O)OCc2c1cc1n(c2=O)Cc2cc3cc(O)ccc3nc2-1. The molecule has 0 spiro atoms. The molecule has 2 aliphatic heterocycles. The maximum absolute atomic E-state index is 13.1. The number of aromatic nitrogens is 2. The van der Waals surface area contributed by atoms with Crippen molar-refractivity contribution >= 4 is 23.2 Å². The second-order valence-electron chi connectivity index (χ2n) is 7.21. The Morgan fingerprint density at radius 2 is 2.11 bits per heavy atom. The number of cyclic esters (lactones) is 1. The summed E-state index contributed by atoms with van der Waals surface area (Å²) in [5.41, 5.74) is 1.78. The highest BCUT2D eigenvalue weighted by Crippen LogP contribution is 2.39. The Morgan fingerprint density at radius 3 is 2.86 bits per heavy atom. The minimum Gasteiger partial charge on any atom is -0.508 e. The van der Waals surface area contributed by atoms with Crippen molar-refractivity contribution in [1.82, 2.24) is 9.55 Å². The Morgan fingerprint density at radius 1 is 1.29 bits per heavy atom. The summed E-state index contributed by atoms with van der Waals surface area (Å²) in [7, 11) is 0. The highest BCUT2D eigenvalue weighted by atomic mass is 16.5. The monoisotopic (exact) mass is 376 g/mol. The van der Waals surface area contributed by atoms with Crippen LogP contribution in [-0.4, -0.2) is 26.9 Å². The van der Waals surface area contributed by atoms with Crippen molar-refractivity contribution in [3.05, 3.63) is 57.4 Å². The van der Waals surface area contributed by atoms with Crippen LogP contribution in [0, 0.1) is 0 Å². The van der Waals surface area contributed by atoms with E-state index < -0.39 is 11.4 Å². The number of hydrogen-bond acceptors (Lipinski definition) is 6. The number of benzene rings is 1. The van der Waals surface area contributed by atoms with Gasteiger partial charge in [-0.2, -0.15) is 0 Å². The van der Waals surface area contributed by atoms with Gasteiger partial charge in [-0.15, -0.1) is 0 Å². The van der Waals surface area contributed by atoms with Crippen molar-refractivity contribution in [3.8, 4) is 17.1 Å². The van der Waals surface area contributed by atoms with Crippen molar-refractivity contribution in [3.63, 3.8) is 0 Å². The number of ether oxygens (including phenoxy) is 1. The van der Waals surface area contributed by atoms with Crippen LogP contribution in [0.5, 0.6) is 5.75 Å². The van der Waals surface area contributed by atoms with Crippen molar-refractivity contribution in [1.29, 1.82) is 0 Å². The number of hydrogen-bond donors (Lipinski definition) is 1. The molecule has 2 aliphatic rings. The van der Waals surface area contributed by atoms with Crippen LogP contribution in [0.1, 0.15) is 30.0 Å². The molecule has 0 saturated carbocycles. The Hall–Kier alpha value is -3.48. The Balaban J connectivity index is 1.81. The van der Waals surface area contributed by atoms with Gasteiger partial charge in [0.2, 0.25) is 0 Å². The molecule has 1 unspecified atom stereocenters. The van der Waals surface area contributed by atoms with E-state index in [1.807, 2.05) is 6.07 Å². The lowest BCUT2D eigenvalue weighted by molar-refractivity contribution is -0.155. The summed E-state index contributed by atoms with van der Waals surface area (Å²) >= 11 is 0. The lowest BCUT2D eigenvalue weighted by Crippen LogP contribution is -2.45. The van der Waals surface area contributed by atoms with E-state index in [0.717, 1.165) is 10.9 Å². The number of rotatable bonds is 2. The molecule has 7 heteroatoms. The molecule has 1 N–H and O–H groups in total. The average Bonchev–Trinajstić information content (AvgIpc) is 3.05. The van der Waals surface area contributed by atoms with Gasteiger partial charge >= 0.3 is 5.97 Å². The van der Waals surface area contributed by atoms with E-state index in [0.29, 0.717) is 40.9 Å². The van der Waals surface area contributed by atoms with Gasteiger partial charge in [-0.1, -0.05) is 6.92 Å². The van der Waals surface area contributed by atoms with Crippen molar-refractivity contribution in [2.75, 3.05) is 0 Å². The van der Waals surface area contributed by atoms with Crippen LogP contribution in [-0.2, 0) is 32.9 Å². The molecule has 0 aliphatic carbocycles. The number of phenols is 1. The van der Waals surface area contributed by atoms with Gasteiger partial charge < -0.3 is 19.2 Å². The molecule has 28 heavy (non-hydrogen) atoms. The molecule has 140 valence electrons. The lowest BCUT2D eigenvalue weighted by Gasteiger charge is -2.31. The van der Waals surface area contributed by atoms with Crippen LogP contribution in [0.25, 0.3) is 22.3 Å². The van der Waals surface area contributed by atoms with Gasteiger partial charge in [-0.05, 0) is 42.3 Å². The summed E-state index contributed by atoms with van der Waals surface area (Å²) in [6.45, 7) is 1.92. The Bertz CT molecular complexity index is 1260. The first-order valence-electron chi connectivity index (χ1n) is 9.02. The molecular weight excluding hydrogens is 360 g/mol. The fraction of sp³-hybridized carbons (Fsp3) is 0.238. The van der Waals surface area contributed by atoms with E-state index in [1.54, 1.807) is 35.8 Å². The van der Waals surface area contributed by atoms with Gasteiger partial charge in [0.1, 0.15) is 24.1 Å². The molecule has 0 fully saturated rings. The summed E-state index contributed by atoms with van der Waals surface area (Å²) in [6.07, 6.45) is 0.790. The summed E-state index contributed by atoms with van der Waals surface area (Å²) in [5.74, 6) is -0.478. The van der Waals surface area contributed by atoms with Gasteiger partial charge in [-0.3, -0.25) is 9.59 Å². The summed E-state index contributed by atoms with van der Waals surface area (Å²) in [4.78, 5) is 42.1. The van der Waals surface area contributed by atoms with E-state index in [9.17, 15) is 19.5 Å². The number of nitrogens with zero attached hydrogens (tertiary/aromatic N) is 2. The van der Waals surface area contributed by atoms with Gasteiger partial charge in [0.05, 0.1) is 29.0 Å². The predicted octanol–water partition coefficient (Wildman–Crippen LogP) is 2.03. The zero-order valence-electron chi connectivity index (χ0n) is 15.1. The number of carbonyl (C=O) groups is 2. The lowest BCUT2D eigenvalue weighted by atomic mass is 9.76. The molecule has 5 rings (SSSR count). The largest absolute Gasteiger partial charge is 0.508 e. The summed E-state index contributed by atoms with van der Waals surface area (Å²) < 4.78 is 6.77. The predicted molar refractivity (Wildman–Crippen MR) is 100 cm³/mol. The molecule has 1 atom stereocenters. The van der Waals surface area contributed by atoms with Crippen LogP contribution in [0.15, 0.2) is 35.1 Å². The number of carbonyl (C=O) groups excluding carboxylic acids is 2. The third kappa shape index (κ3) is 1.98. The Kier molecular flexibility index (Phi) is 3.28. The van der Waals surface area contributed by atoms with Crippen molar-refractivity contribution < 1.29 is 19.4 Å². The van der Waals surface area contributed by atoms with E-state index >= 15 is 0 Å². The van der Waals surface area contributed by atoms with Crippen LogP contribution in [0.2, 0.25) is 0 Å². The molecule has 0 bridgehead atoms. The molecule has 7 nitrogen and oxygen atoms in total. The molecule has 3 aromatic rings. The third-order valence-electron chi connectivity index (χ3n) is 5.80. The van der Waals surface area contributed by atoms with Gasteiger partial charge in [0, 0.05) is 10.9 Å². The molecular formula is C21H16N2O5. The minimum absolute atomic E-state index is 0.136. The molecule has 0 radical (unpaired) electrons. The zero-order chi connectivity index (χ0) is 19.6. The zero-order valence-corrected chi connectivity index (χ0v) is 15.1. The average molecular weight is 376 g/mol. The molecule has 0 saturated heterocycles. The van der Waals surface area contributed by atoms with Gasteiger partial charge in [0.25, 0.3) is 5.56 Å². The number of aromatic hydroxyl groups is 1. The summed E-state index contributed by atoms with van der Waals surface area (Å²) in [6, 6.07) is 8.53. The topological polar surface area (TPSA) is 98.5 Å². The maximum atomic E-state index is 13.1. The number of fused-ring (bicyclic) bond motifs is 5. The first-order chi connectivity index (χ1) is 13.5. The number of aldehydes is 1. The molecule has 1 aromatic carbocycles. The fourth-order valence-corrected chi connectivity index (χ4v) is 4.21. The Labute approximate surface area is 159 Å². The second kappa shape index (κ2) is 5.51. The standard InChI is InChI=1S/C21H16N2O5/c1-2-21(10-24)15-7-17-18-12(5-11-6-13(25)3-4-16(11)22-18)8-23(17)19(26)14(15)9-28-20(21)27/h3-7,10,25H,2,8-9H2,1H3. The molecule has 0 amide bonds. The summed E-state index contributed by atoms with van der Waals surface area (Å²) in [5, 5.41) is 10.5. The van der Waals surface area contributed by atoms with Gasteiger partial charge in [-0.25, -0.2) is 4.98 Å². The quantitative estimate of drug-likeness (QED) is 0.327. The molecule has 2 aromatic heterocycles. The second-order valence-corrected chi connectivity index (χ2v) is 7.21.